The highest BCUT2D eigenvalue weighted by atomic mass is 32.2. The van der Waals surface area contributed by atoms with Crippen molar-refractivity contribution in [2.45, 2.75) is 18.9 Å². The van der Waals surface area contributed by atoms with Gasteiger partial charge in [0.05, 0.1) is 0 Å². The normalized spacial score (nSPS) is 11.5. The Morgan fingerprint density at radius 1 is 1.33 bits per heavy atom. The van der Waals surface area contributed by atoms with Crippen molar-refractivity contribution in [3.8, 4) is 0 Å². The van der Waals surface area contributed by atoms with Crippen LogP contribution in [0.5, 0.6) is 0 Å². The second-order valence-electron chi connectivity index (χ2n) is 2.85. The molecule has 0 unspecified atom stereocenters. The van der Waals surface area contributed by atoms with Crippen LogP contribution < -0.4 is 0 Å². The summed E-state index contributed by atoms with van der Waals surface area (Å²) in [5, 5.41) is -0.944. The predicted molar refractivity (Wildman–Crippen MR) is 53.8 cm³/mol. The first-order valence-corrected chi connectivity index (χ1v) is 5.13. The number of aryl methyl sites for hydroxylation is 1. The molecule has 0 aliphatic rings. The van der Waals surface area contributed by atoms with Crippen LogP contribution in [0.2, 0.25) is 0 Å². The van der Waals surface area contributed by atoms with E-state index in [2.05, 4.69) is 0 Å². The van der Waals surface area contributed by atoms with Crippen LogP contribution in [0.3, 0.4) is 0 Å². The van der Waals surface area contributed by atoms with Gasteiger partial charge in [0.25, 0.3) is 0 Å². The van der Waals surface area contributed by atoms with Crippen molar-refractivity contribution in [1.29, 1.82) is 0 Å². The second-order valence-corrected chi connectivity index (χ2v) is 3.88. The van der Waals surface area contributed by atoms with Gasteiger partial charge in [-0.3, -0.25) is 4.79 Å². The summed E-state index contributed by atoms with van der Waals surface area (Å²) in [7, 11) is 0. The number of benzene rings is 1. The summed E-state index contributed by atoms with van der Waals surface area (Å²) in [4.78, 5) is 11.3. The van der Waals surface area contributed by atoms with E-state index in [4.69, 9.17) is 0 Å². The fourth-order valence-electron chi connectivity index (χ4n) is 1.19. The second kappa shape index (κ2) is 4.70. The molecule has 0 radical (unpaired) electrons. The largest absolute Gasteiger partial charge is 0.449 e. The van der Waals surface area contributed by atoms with Crippen molar-refractivity contribution in [2.24, 2.45) is 0 Å². The van der Waals surface area contributed by atoms with E-state index in [0.29, 0.717) is 12.0 Å². The predicted octanol–water partition coefficient (Wildman–Crippen LogP) is 3.64. The van der Waals surface area contributed by atoms with Crippen molar-refractivity contribution in [3.05, 3.63) is 35.4 Å². The minimum Gasteiger partial charge on any atom is -0.281 e. The molecule has 1 rings (SSSR count). The van der Waals surface area contributed by atoms with Crippen molar-refractivity contribution < 1.29 is 18.0 Å². The van der Waals surface area contributed by atoms with Gasteiger partial charge in [-0.1, -0.05) is 31.2 Å². The summed E-state index contributed by atoms with van der Waals surface area (Å²) >= 11 is -0.600. The van der Waals surface area contributed by atoms with Gasteiger partial charge < -0.3 is 0 Å². The molecule has 1 nitrogen and oxygen atoms in total. The first-order chi connectivity index (χ1) is 6.94. The van der Waals surface area contributed by atoms with E-state index in [-0.39, 0.29) is 5.56 Å². The highest BCUT2D eigenvalue weighted by Crippen LogP contribution is 2.33. The monoisotopic (exact) mass is 234 g/mol. The van der Waals surface area contributed by atoms with Crippen LogP contribution in [0.15, 0.2) is 24.3 Å². The molecular formula is C10H9F3OS. The molecule has 0 N–H and O–H groups in total. The topological polar surface area (TPSA) is 17.1 Å². The molecule has 0 bridgehead atoms. The molecule has 1 aromatic carbocycles. The molecule has 0 atom stereocenters. The molecule has 0 saturated carbocycles. The summed E-state index contributed by atoms with van der Waals surface area (Å²) < 4.78 is 35.9. The zero-order valence-electron chi connectivity index (χ0n) is 7.97. The molecule has 5 heteroatoms. The number of rotatable bonds is 2. The molecular weight excluding hydrogens is 225 g/mol. The fraction of sp³-hybridized carbons (Fsp3) is 0.300. The van der Waals surface area contributed by atoms with Gasteiger partial charge in [-0.2, -0.15) is 13.2 Å². The van der Waals surface area contributed by atoms with E-state index in [1.165, 1.54) is 6.07 Å². The summed E-state index contributed by atoms with van der Waals surface area (Å²) in [6.07, 6.45) is 0.542. The highest BCUT2D eigenvalue weighted by molar-refractivity contribution is 8.14. The zero-order chi connectivity index (χ0) is 11.5. The molecule has 1 aromatic rings. The Morgan fingerprint density at radius 3 is 2.47 bits per heavy atom. The molecule has 0 heterocycles. The lowest BCUT2D eigenvalue weighted by Gasteiger charge is -2.07. The number of halogens is 3. The number of alkyl halides is 3. The third-order valence-electron chi connectivity index (χ3n) is 1.83. The maximum absolute atomic E-state index is 12.0. The quantitative estimate of drug-likeness (QED) is 0.777. The minimum absolute atomic E-state index is 0.141. The van der Waals surface area contributed by atoms with Gasteiger partial charge in [0.1, 0.15) is 0 Å². The highest BCUT2D eigenvalue weighted by Gasteiger charge is 2.33. The summed E-state index contributed by atoms with van der Waals surface area (Å²) in [5.74, 6) is 0. The van der Waals surface area contributed by atoms with Crippen LogP contribution >= 0.6 is 11.8 Å². The molecule has 0 amide bonds. The molecule has 15 heavy (non-hydrogen) atoms. The van der Waals surface area contributed by atoms with E-state index in [1.807, 2.05) is 0 Å². The van der Waals surface area contributed by atoms with E-state index >= 15 is 0 Å². The first-order valence-electron chi connectivity index (χ1n) is 4.32. The van der Waals surface area contributed by atoms with Gasteiger partial charge in [0, 0.05) is 17.3 Å². The Kier molecular flexibility index (Phi) is 3.79. The lowest BCUT2D eigenvalue weighted by atomic mass is 10.1. The molecule has 0 fully saturated rings. The Morgan fingerprint density at radius 2 is 1.93 bits per heavy atom. The molecule has 0 spiro atoms. The molecule has 82 valence electrons. The Hall–Kier alpha value is -0.970. The zero-order valence-corrected chi connectivity index (χ0v) is 8.78. The van der Waals surface area contributed by atoms with Gasteiger partial charge in [-0.15, -0.1) is 0 Å². The van der Waals surface area contributed by atoms with E-state index in [9.17, 15) is 18.0 Å². The van der Waals surface area contributed by atoms with Crippen LogP contribution in [0, 0.1) is 0 Å². The van der Waals surface area contributed by atoms with E-state index in [0.717, 1.165) is 0 Å². The van der Waals surface area contributed by atoms with Crippen molar-refractivity contribution >= 4 is 16.9 Å². The van der Waals surface area contributed by atoms with Gasteiger partial charge in [-0.05, 0) is 12.0 Å². The Bertz CT molecular complexity index is 360. The summed E-state index contributed by atoms with van der Waals surface area (Å²) in [6.45, 7) is 1.80. The smallest absolute Gasteiger partial charge is 0.281 e. The average molecular weight is 234 g/mol. The first kappa shape index (κ1) is 12.1. The van der Waals surface area contributed by atoms with Crippen LogP contribution in [-0.4, -0.2) is 10.6 Å². The van der Waals surface area contributed by atoms with Gasteiger partial charge in [0.15, 0.2) is 0 Å². The average Bonchev–Trinajstić information content (AvgIpc) is 2.15. The minimum atomic E-state index is -4.52. The number of hydrogen-bond donors (Lipinski definition) is 0. The lowest BCUT2D eigenvalue weighted by molar-refractivity contribution is -0.0322. The number of carbonyl (C=O) groups excluding carboxylic acids is 1. The maximum atomic E-state index is 12.0. The van der Waals surface area contributed by atoms with Crippen molar-refractivity contribution in [2.75, 3.05) is 0 Å². The molecule has 0 saturated heterocycles. The van der Waals surface area contributed by atoms with Gasteiger partial charge >= 0.3 is 5.51 Å². The van der Waals surface area contributed by atoms with E-state index in [1.54, 1.807) is 25.1 Å². The summed E-state index contributed by atoms with van der Waals surface area (Å²) in [5.41, 5.74) is -3.74. The number of carbonyl (C=O) groups is 1. The SMILES string of the molecule is CCc1ccccc1C(=O)SC(F)(F)F. The molecule has 0 aliphatic heterocycles. The van der Waals surface area contributed by atoms with Crippen molar-refractivity contribution in [1.82, 2.24) is 0 Å². The van der Waals surface area contributed by atoms with Crippen LogP contribution in [0.25, 0.3) is 0 Å². The lowest BCUT2D eigenvalue weighted by Crippen LogP contribution is -2.08. The standard InChI is InChI=1S/C10H9F3OS/c1-2-7-5-3-4-6-8(7)9(14)15-10(11,12)13/h3-6H,2H2,1H3. The fourth-order valence-corrected chi connectivity index (χ4v) is 1.71. The third kappa shape index (κ3) is 3.58. The molecule has 0 aromatic heterocycles. The Labute approximate surface area is 89.7 Å². The van der Waals surface area contributed by atoms with Gasteiger partial charge in [0.2, 0.25) is 5.12 Å². The van der Waals surface area contributed by atoms with Crippen molar-refractivity contribution in [3.63, 3.8) is 0 Å². The Balaban J connectivity index is 2.91. The van der Waals surface area contributed by atoms with Gasteiger partial charge in [-0.25, -0.2) is 0 Å². The maximum Gasteiger partial charge on any atom is 0.449 e. The van der Waals surface area contributed by atoms with Crippen LogP contribution in [-0.2, 0) is 6.42 Å². The van der Waals surface area contributed by atoms with Crippen LogP contribution in [0.1, 0.15) is 22.8 Å². The summed E-state index contributed by atoms with van der Waals surface area (Å²) in [6, 6.07) is 6.33. The molecule has 0 aliphatic carbocycles. The number of hydrogen-bond acceptors (Lipinski definition) is 2. The van der Waals surface area contributed by atoms with Crippen LogP contribution in [0.4, 0.5) is 13.2 Å². The number of thioether (sulfide) groups is 1. The third-order valence-corrected chi connectivity index (χ3v) is 2.46. The van der Waals surface area contributed by atoms with E-state index < -0.39 is 22.4 Å².